The van der Waals surface area contributed by atoms with Crippen LogP contribution in [0.1, 0.15) is 48.0 Å². The van der Waals surface area contributed by atoms with Gasteiger partial charge in [-0.05, 0) is 56.9 Å². The Hall–Kier alpha value is -3.24. The first-order valence-corrected chi connectivity index (χ1v) is 13.0. The summed E-state index contributed by atoms with van der Waals surface area (Å²) in [5, 5.41) is 10.2. The second-order valence-electron chi connectivity index (χ2n) is 11.0. The zero-order chi connectivity index (χ0) is 26.7. The number of amides is 1. The zero-order valence-corrected chi connectivity index (χ0v) is 22.9. The van der Waals surface area contributed by atoms with Crippen LogP contribution in [0, 0.1) is 0 Å². The van der Waals surface area contributed by atoms with Gasteiger partial charge in [0.25, 0.3) is 0 Å². The number of carbonyl (C=O) groups excluding carboxylic acids is 1. The lowest BCUT2D eigenvalue weighted by molar-refractivity contribution is -0.00824. The largest absolute Gasteiger partial charge is 0.478 e. The van der Waals surface area contributed by atoms with Gasteiger partial charge in [0.05, 0.1) is 22.5 Å². The highest BCUT2D eigenvalue weighted by Gasteiger charge is 2.45. The summed E-state index contributed by atoms with van der Waals surface area (Å²) >= 11 is 3.50. The summed E-state index contributed by atoms with van der Waals surface area (Å²) < 4.78 is 8.29. The van der Waals surface area contributed by atoms with Gasteiger partial charge in [-0.3, -0.25) is 0 Å². The van der Waals surface area contributed by atoms with E-state index in [0.29, 0.717) is 43.9 Å². The first kappa shape index (κ1) is 25.4. The molecule has 1 saturated heterocycles. The van der Waals surface area contributed by atoms with Gasteiger partial charge in [-0.25, -0.2) is 19.6 Å². The third-order valence-corrected chi connectivity index (χ3v) is 7.32. The van der Waals surface area contributed by atoms with E-state index in [1.807, 2.05) is 62.8 Å². The molecule has 2 aromatic heterocycles. The van der Waals surface area contributed by atoms with Crippen molar-refractivity contribution in [2.45, 2.75) is 51.2 Å². The smallest absolute Gasteiger partial charge is 0.410 e. The standard InChI is InChI=1S/C27H30BrN5O4/c1-26(2,3)37-25(36)33-13-27(29,14-33)11-19-20(24(34)35)18-9-8-16-12-30-23(15-6-5-7-17(28)10-15)31-21(16)22(18)32(19)4/h5-7,10,12H,8-9,11,13-14,29H2,1-4H3,(H,34,35). The third-order valence-electron chi connectivity index (χ3n) is 6.83. The van der Waals surface area contributed by atoms with E-state index in [1.165, 1.54) is 0 Å². The fourth-order valence-electron chi connectivity index (χ4n) is 5.24. The molecule has 10 heteroatoms. The van der Waals surface area contributed by atoms with Crippen LogP contribution in [0.3, 0.4) is 0 Å². The first-order chi connectivity index (χ1) is 17.3. The molecule has 1 aliphatic heterocycles. The fourth-order valence-corrected chi connectivity index (χ4v) is 5.64. The summed E-state index contributed by atoms with van der Waals surface area (Å²) in [5.41, 5.74) is 10.4. The van der Waals surface area contributed by atoms with E-state index in [9.17, 15) is 14.7 Å². The average molecular weight is 568 g/mol. The number of nitrogens with two attached hydrogens (primary N) is 1. The molecule has 0 bridgehead atoms. The van der Waals surface area contributed by atoms with Crippen molar-refractivity contribution < 1.29 is 19.4 Å². The number of hydrogen-bond donors (Lipinski definition) is 2. The maximum atomic E-state index is 12.5. The van der Waals surface area contributed by atoms with Gasteiger partial charge in [-0.2, -0.15) is 0 Å². The van der Waals surface area contributed by atoms with Crippen molar-refractivity contribution in [3.63, 3.8) is 0 Å². The number of nitrogens with zero attached hydrogens (tertiary/aromatic N) is 4. The maximum absolute atomic E-state index is 12.5. The lowest BCUT2D eigenvalue weighted by atomic mass is 9.84. The summed E-state index contributed by atoms with van der Waals surface area (Å²) in [7, 11) is 1.87. The van der Waals surface area contributed by atoms with E-state index in [-0.39, 0.29) is 5.56 Å². The number of carboxylic acids is 1. The summed E-state index contributed by atoms with van der Waals surface area (Å²) in [6, 6.07) is 7.77. The minimum Gasteiger partial charge on any atom is -0.478 e. The number of hydrogen-bond acceptors (Lipinski definition) is 6. The van der Waals surface area contributed by atoms with Gasteiger partial charge in [-0.1, -0.05) is 28.1 Å². The molecule has 37 heavy (non-hydrogen) atoms. The minimum atomic E-state index is -0.983. The number of carbonyl (C=O) groups is 2. The highest BCUT2D eigenvalue weighted by molar-refractivity contribution is 9.10. The topological polar surface area (TPSA) is 124 Å². The molecule has 0 atom stereocenters. The number of halogens is 1. The lowest BCUT2D eigenvalue weighted by Gasteiger charge is -2.47. The number of carboxylic acid groups (broad SMARTS) is 1. The molecule has 1 aliphatic carbocycles. The van der Waals surface area contributed by atoms with Crippen molar-refractivity contribution in [3.8, 4) is 22.8 Å². The molecule has 3 N–H and O–H groups in total. The predicted molar refractivity (Wildman–Crippen MR) is 142 cm³/mol. The number of ether oxygens (including phenoxy) is 1. The minimum absolute atomic E-state index is 0.284. The molecule has 1 amide bonds. The third kappa shape index (κ3) is 4.75. The summed E-state index contributed by atoms with van der Waals surface area (Å²) in [5.74, 6) is -0.404. The van der Waals surface area contributed by atoms with E-state index < -0.39 is 23.2 Å². The molecule has 194 valence electrons. The molecule has 9 nitrogen and oxygen atoms in total. The molecule has 0 unspecified atom stereocenters. The van der Waals surface area contributed by atoms with Crippen molar-refractivity contribution in [1.29, 1.82) is 0 Å². The van der Waals surface area contributed by atoms with E-state index in [2.05, 4.69) is 20.9 Å². The van der Waals surface area contributed by atoms with Crippen LogP contribution >= 0.6 is 15.9 Å². The summed E-state index contributed by atoms with van der Waals surface area (Å²) in [6.45, 7) is 6.04. The van der Waals surface area contributed by atoms with Crippen molar-refractivity contribution in [2.24, 2.45) is 12.8 Å². The quantitative estimate of drug-likeness (QED) is 0.484. The van der Waals surface area contributed by atoms with Crippen molar-refractivity contribution >= 4 is 28.0 Å². The van der Waals surface area contributed by atoms with Gasteiger partial charge in [-0.15, -0.1) is 0 Å². The van der Waals surface area contributed by atoms with Crippen LogP contribution < -0.4 is 5.73 Å². The molecule has 2 aliphatic rings. The number of rotatable bonds is 4. The van der Waals surface area contributed by atoms with Gasteiger partial charge >= 0.3 is 12.1 Å². The Kier molecular flexibility index (Phi) is 6.15. The van der Waals surface area contributed by atoms with Crippen LogP contribution in [0.5, 0.6) is 0 Å². The van der Waals surface area contributed by atoms with E-state index in [1.54, 1.807) is 4.90 Å². The molecule has 0 spiro atoms. The van der Waals surface area contributed by atoms with Crippen LogP contribution in [0.4, 0.5) is 4.79 Å². The number of aryl methyl sites for hydroxylation is 1. The monoisotopic (exact) mass is 567 g/mol. The summed E-state index contributed by atoms with van der Waals surface area (Å²) in [4.78, 5) is 35.9. The number of benzene rings is 1. The molecule has 0 saturated carbocycles. The SMILES string of the molecule is Cn1c(CC2(N)CN(C(=O)OC(C)(C)C)C2)c(C(=O)O)c2c1-c1nc(-c3cccc(Br)c3)ncc1CC2. The summed E-state index contributed by atoms with van der Waals surface area (Å²) in [6.07, 6.45) is 2.98. The van der Waals surface area contributed by atoms with Crippen molar-refractivity contribution in [3.05, 3.63) is 57.3 Å². The Labute approximate surface area is 223 Å². The van der Waals surface area contributed by atoms with Gasteiger partial charge in [0.15, 0.2) is 5.82 Å². The fraction of sp³-hybridized carbons (Fsp3) is 0.407. The Balaban J connectivity index is 1.50. The number of aromatic carboxylic acids is 1. The lowest BCUT2D eigenvalue weighted by Crippen LogP contribution is -2.70. The van der Waals surface area contributed by atoms with Crippen LogP contribution in [-0.2, 0) is 31.0 Å². The highest BCUT2D eigenvalue weighted by atomic mass is 79.9. The van der Waals surface area contributed by atoms with Crippen LogP contribution in [0.25, 0.3) is 22.8 Å². The second-order valence-corrected chi connectivity index (χ2v) is 11.9. The molecule has 1 aromatic carbocycles. The van der Waals surface area contributed by atoms with E-state index in [4.69, 9.17) is 15.5 Å². The number of likely N-dealkylation sites (tertiary alicyclic amines) is 1. The Morgan fingerprint density at radius 2 is 1.97 bits per heavy atom. The second kappa shape index (κ2) is 8.95. The molecule has 0 radical (unpaired) electrons. The number of fused-ring (bicyclic) bond motifs is 3. The Bertz CT molecular complexity index is 1420. The predicted octanol–water partition coefficient (Wildman–Crippen LogP) is 4.20. The Morgan fingerprint density at radius 3 is 2.62 bits per heavy atom. The molecule has 5 rings (SSSR count). The normalized spacial score (nSPS) is 16.0. The van der Waals surface area contributed by atoms with E-state index >= 15 is 0 Å². The number of aromatic nitrogens is 3. The van der Waals surface area contributed by atoms with Gasteiger partial charge in [0, 0.05) is 48.5 Å². The van der Waals surface area contributed by atoms with Crippen LogP contribution in [-0.4, -0.2) is 60.8 Å². The van der Waals surface area contributed by atoms with Gasteiger partial charge in [0.1, 0.15) is 5.60 Å². The van der Waals surface area contributed by atoms with Crippen molar-refractivity contribution in [1.82, 2.24) is 19.4 Å². The van der Waals surface area contributed by atoms with Gasteiger partial charge < -0.3 is 25.0 Å². The molecular weight excluding hydrogens is 538 g/mol. The molecular formula is C27H30BrN5O4. The van der Waals surface area contributed by atoms with E-state index in [0.717, 1.165) is 32.6 Å². The maximum Gasteiger partial charge on any atom is 0.410 e. The first-order valence-electron chi connectivity index (χ1n) is 12.2. The van der Waals surface area contributed by atoms with Crippen molar-refractivity contribution in [2.75, 3.05) is 13.1 Å². The van der Waals surface area contributed by atoms with Gasteiger partial charge in [0.2, 0.25) is 0 Å². The molecule has 3 heterocycles. The Morgan fingerprint density at radius 1 is 1.24 bits per heavy atom. The van der Waals surface area contributed by atoms with Crippen LogP contribution in [0.2, 0.25) is 0 Å². The van der Waals surface area contributed by atoms with Crippen LogP contribution in [0.15, 0.2) is 34.9 Å². The molecule has 1 fully saturated rings. The zero-order valence-electron chi connectivity index (χ0n) is 21.3. The average Bonchev–Trinajstić information content (AvgIpc) is 3.07. The molecule has 3 aromatic rings. The highest BCUT2D eigenvalue weighted by Crippen LogP contribution is 2.39.